The first-order valence-corrected chi connectivity index (χ1v) is 19.3. The summed E-state index contributed by atoms with van der Waals surface area (Å²) in [5.74, 6) is -0.937. The Bertz CT molecular complexity index is 2250. The highest BCUT2D eigenvalue weighted by molar-refractivity contribution is 7.40. The van der Waals surface area contributed by atoms with Gasteiger partial charge in [0.1, 0.15) is 10.0 Å². The molecule has 4 saturated carbocycles. The van der Waals surface area contributed by atoms with Crippen molar-refractivity contribution in [3.8, 4) is 0 Å². The van der Waals surface area contributed by atoms with E-state index in [1.54, 1.807) is 45.3 Å². The van der Waals surface area contributed by atoms with Crippen molar-refractivity contribution >= 4 is 140 Å². The van der Waals surface area contributed by atoms with Gasteiger partial charge in [0.05, 0.1) is 50.3 Å². The second-order valence-corrected chi connectivity index (χ2v) is 17.4. The molecule has 0 radical (unpaired) electrons. The molecule has 0 amide bonds. The number of aliphatic imine (C=N–C) groups is 2. The largest absolute Gasteiger partial charge is 0.341 e. The Balaban J connectivity index is 1.06. The van der Waals surface area contributed by atoms with Crippen LogP contribution in [-0.4, -0.2) is 43.7 Å². The number of rotatable bonds is 2. The first kappa shape index (κ1) is 27.8. The van der Waals surface area contributed by atoms with Crippen LogP contribution in [0, 0.1) is 23.7 Å². The number of nitrogens with zero attached hydrogens (tertiary/aromatic N) is 4. The summed E-state index contributed by atoms with van der Waals surface area (Å²) in [6, 6.07) is 4.04. The lowest BCUT2D eigenvalue weighted by Crippen LogP contribution is -2.21. The fourth-order valence-corrected chi connectivity index (χ4v) is 14.1. The van der Waals surface area contributed by atoms with Crippen LogP contribution in [0.3, 0.4) is 0 Å². The number of Topliss-reactive ketones (excluding diaryl/α,β-unsaturated/α-hetero) is 4. The number of ketones is 4. The summed E-state index contributed by atoms with van der Waals surface area (Å²) in [7, 11) is 4.15. The molecule has 6 aromatic heterocycles. The van der Waals surface area contributed by atoms with Gasteiger partial charge in [-0.3, -0.25) is 19.2 Å². The molecule has 0 bridgehead atoms. The molecule has 4 atom stereocenters. The fraction of sp³-hybridized carbons (Fsp3) is 0.412. The molecule has 4 aliphatic carbocycles. The molecule has 0 saturated heterocycles. The van der Waals surface area contributed by atoms with Gasteiger partial charge in [-0.1, -0.05) is 25.7 Å². The molecular weight excluding hydrogens is 657 g/mol. The Kier molecular flexibility index (Phi) is 5.81. The van der Waals surface area contributed by atoms with Crippen molar-refractivity contribution in [1.29, 1.82) is 0 Å². The van der Waals surface area contributed by atoms with Crippen LogP contribution in [0.4, 0.5) is 10.0 Å². The first-order valence-electron chi connectivity index (χ1n) is 16.0. The fourth-order valence-electron chi connectivity index (χ4n) is 8.64. The third-order valence-electron chi connectivity index (χ3n) is 10.9. The molecule has 232 valence electrons. The Morgan fingerprint density at radius 3 is 1.20 bits per heavy atom. The van der Waals surface area contributed by atoms with E-state index >= 15 is 0 Å². The minimum atomic E-state index is -0.173. The Morgan fingerprint density at radius 2 is 0.848 bits per heavy atom. The zero-order chi connectivity index (χ0) is 31.2. The molecule has 0 aromatic carbocycles. The van der Waals surface area contributed by atoms with Gasteiger partial charge < -0.3 is 9.13 Å². The molecule has 0 spiro atoms. The van der Waals surface area contributed by atoms with E-state index in [0.29, 0.717) is 10.0 Å². The Morgan fingerprint density at radius 1 is 0.522 bits per heavy atom. The lowest BCUT2D eigenvalue weighted by atomic mass is 9.81. The van der Waals surface area contributed by atoms with Crippen molar-refractivity contribution < 1.29 is 19.2 Å². The van der Waals surface area contributed by atoms with Crippen molar-refractivity contribution in [3.05, 3.63) is 12.1 Å². The average molecular weight is 685 g/mol. The number of thiophene rings is 4. The highest BCUT2D eigenvalue weighted by Gasteiger charge is 2.48. The van der Waals surface area contributed by atoms with Crippen molar-refractivity contribution in [2.24, 2.45) is 47.8 Å². The van der Waals surface area contributed by atoms with Gasteiger partial charge in [0.2, 0.25) is 0 Å². The van der Waals surface area contributed by atoms with E-state index in [1.165, 1.54) is 29.8 Å². The molecule has 46 heavy (non-hydrogen) atoms. The smallest absolute Gasteiger partial charge is 0.188 e. The summed E-state index contributed by atoms with van der Waals surface area (Å²) in [4.78, 5) is 61.7. The molecule has 0 N–H and O–H groups in total. The second kappa shape index (κ2) is 9.62. The molecule has 4 fully saturated rings. The summed E-state index contributed by atoms with van der Waals surface area (Å²) in [5, 5.41) is 1.43. The number of aromatic nitrogens is 2. The average Bonchev–Trinajstić information content (AvgIpc) is 3.92. The van der Waals surface area contributed by atoms with Gasteiger partial charge in [0.15, 0.2) is 34.6 Å². The summed E-state index contributed by atoms with van der Waals surface area (Å²) in [5.41, 5.74) is 4.81. The van der Waals surface area contributed by atoms with Crippen LogP contribution >= 0.6 is 45.3 Å². The van der Waals surface area contributed by atoms with Crippen molar-refractivity contribution in [1.82, 2.24) is 9.13 Å². The summed E-state index contributed by atoms with van der Waals surface area (Å²) >= 11 is 6.68. The molecule has 6 heterocycles. The molecule has 10 rings (SSSR count). The highest BCUT2D eigenvalue weighted by Crippen LogP contribution is 2.53. The predicted octanol–water partition coefficient (Wildman–Crippen LogP) is 8.44. The Hall–Kier alpha value is -3.32. The zero-order valence-electron chi connectivity index (χ0n) is 25.2. The highest BCUT2D eigenvalue weighted by atomic mass is 32.1. The zero-order valence-corrected chi connectivity index (χ0v) is 28.4. The van der Waals surface area contributed by atoms with E-state index in [-0.39, 0.29) is 58.2 Å². The summed E-state index contributed by atoms with van der Waals surface area (Å²) in [6.07, 6.45) is 7.24. The minimum absolute atomic E-state index is 0.0611. The van der Waals surface area contributed by atoms with Crippen molar-refractivity contribution in [2.45, 2.75) is 51.4 Å². The maximum Gasteiger partial charge on any atom is 0.188 e. The van der Waals surface area contributed by atoms with E-state index < -0.39 is 0 Å². The number of carbonyl (C=O) groups excluding carboxylic acids is 4. The lowest BCUT2D eigenvalue weighted by Gasteiger charge is -2.20. The van der Waals surface area contributed by atoms with Gasteiger partial charge in [-0.15, -0.1) is 45.3 Å². The van der Waals surface area contributed by atoms with E-state index in [9.17, 15) is 19.2 Å². The maximum absolute atomic E-state index is 13.1. The van der Waals surface area contributed by atoms with Crippen molar-refractivity contribution in [2.75, 3.05) is 0 Å². The maximum atomic E-state index is 13.1. The third-order valence-corrected chi connectivity index (χ3v) is 15.8. The van der Waals surface area contributed by atoms with Gasteiger partial charge in [0, 0.05) is 37.8 Å². The number of carbonyl (C=O) groups is 4. The number of aryl methyl sites for hydroxylation is 2. The minimum Gasteiger partial charge on any atom is -0.341 e. The van der Waals surface area contributed by atoms with E-state index in [0.717, 1.165) is 71.8 Å². The SMILES string of the molecule is Cn1c2cc(N=C3C(=O)C4CCCCC4C3=O)sc2c2sc3c(sc4c5sc(N=C6C(=O)C7CCCCC7C6=O)cc5n(C)c43)c21. The van der Waals surface area contributed by atoms with Gasteiger partial charge in [-0.05, 0) is 37.8 Å². The van der Waals surface area contributed by atoms with E-state index in [1.807, 2.05) is 12.1 Å². The number of hydrogen-bond donors (Lipinski definition) is 0. The Labute approximate surface area is 278 Å². The van der Waals surface area contributed by atoms with Gasteiger partial charge in [0.25, 0.3) is 0 Å². The van der Waals surface area contributed by atoms with Crippen molar-refractivity contribution in [3.63, 3.8) is 0 Å². The third kappa shape index (κ3) is 3.53. The predicted molar refractivity (Wildman–Crippen MR) is 189 cm³/mol. The quantitative estimate of drug-likeness (QED) is 0.183. The number of fused-ring (bicyclic) bond motifs is 11. The van der Waals surface area contributed by atoms with Gasteiger partial charge in [-0.25, -0.2) is 9.98 Å². The van der Waals surface area contributed by atoms with Crippen LogP contribution in [0.2, 0.25) is 0 Å². The van der Waals surface area contributed by atoms with Crippen LogP contribution in [0.5, 0.6) is 0 Å². The standard InChI is InChI=1S/C34H28N4O4S4/c1-37-17-11-19(35-21-25(39)13-7-3-4-8-14(13)26(21)40)43-29(17)31-23(37)33-34(45-31)24-32(46-33)30-18(38(24)2)12-20(44-30)36-22-27(41)15-9-5-6-10-16(15)28(22)42/h11-16H,3-10H2,1-2H3. The van der Waals surface area contributed by atoms with E-state index in [4.69, 9.17) is 0 Å². The first-order chi connectivity index (χ1) is 22.3. The normalized spacial score (nSPS) is 25.4. The van der Waals surface area contributed by atoms with Gasteiger partial charge >= 0.3 is 0 Å². The summed E-state index contributed by atoms with van der Waals surface area (Å²) < 4.78 is 11.6. The van der Waals surface area contributed by atoms with E-state index in [2.05, 4.69) is 33.2 Å². The monoisotopic (exact) mass is 684 g/mol. The molecular formula is C34H28N4O4S4. The summed E-state index contributed by atoms with van der Waals surface area (Å²) in [6.45, 7) is 0. The van der Waals surface area contributed by atoms with Crippen LogP contribution in [0.15, 0.2) is 22.1 Å². The topological polar surface area (TPSA) is 103 Å². The second-order valence-electron chi connectivity index (χ2n) is 13.3. The van der Waals surface area contributed by atoms with Crippen LogP contribution < -0.4 is 0 Å². The van der Waals surface area contributed by atoms with Gasteiger partial charge in [-0.2, -0.15) is 0 Å². The van der Waals surface area contributed by atoms with Crippen LogP contribution in [-0.2, 0) is 33.3 Å². The van der Waals surface area contributed by atoms with Crippen LogP contribution in [0.25, 0.3) is 50.3 Å². The lowest BCUT2D eigenvalue weighted by molar-refractivity contribution is -0.120. The molecule has 6 aromatic rings. The molecule has 12 heteroatoms. The van der Waals surface area contributed by atoms with Crippen LogP contribution in [0.1, 0.15) is 51.4 Å². The number of hydrogen-bond acceptors (Lipinski definition) is 10. The molecule has 4 unspecified atom stereocenters. The molecule has 4 aliphatic rings. The molecule has 0 aliphatic heterocycles. The molecule has 8 nitrogen and oxygen atoms in total.